The fourth-order valence-corrected chi connectivity index (χ4v) is 1.50. The first kappa shape index (κ1) is 11.0. The highest BCUT2D eigenvalue weighted by atomic mass is 16.3. The van der Waals surface area contributed by atoms with Gasteiger partial charge in [0.05, 0.1) is 11.8 Å². The number of allylic oxidation sites excluding steroid dienone is 1. The predicted octanol–water partition coefficient (Wildman–Crippen LogP) is 3.09. The maximum Gasteiger partial charge on any atom is 0.234 e. The first-order valence-electron chi connectivity index (χ1n) is 4.95. The number of aliphatic hydroxyl groups is 2. The number of ketones is 1. The largest absolute Gasteiger partial charge is 0.512 e. The van der Waals surface area contributed by atoms with Gasteiger partial charge in [0.2, 0.25) is 5.78 Å². The lowest BCUT2D eigenvalue weighted by atomic mass is 10.1. The van der Waals surface area contributed by atoms with Crippen LogP contribution in [0.4, 0.5) is 0 Å². The van der Waals surface area contributed by atoms with Crippen LogP contribution in [-0.2, 0) is 0 Å². The van der Waals surface area contributed by atoms with Crippen molar-refractivity contribution >= 4 is 5.78 Å². The zero-order valence-corrected chi connectivity index (χ0v) is 8.83. The van der Waals surface area contributed by atoms with E-state index in [-0.39, 0.29) is 5.56 Å². The van der Waals surface area contributed by atoms with Gasteiger partial charge in [-0.15, -0.1) is 0 Å². The monoisotopic (exact) mass is 230 g/mol. The maximum absolute atomic E-state index is 11.7. The van der Waals surface area contributed by atoms with E-state index in [0.717, 1.165) is 5.56 Å². The molecule has 0 saturated heterocycles. The summed E-state index contributed by atoms with van der Waals surface area (Å²) in [4.78, 5) is 11.7. The van der Waals surface area contributed by atoms with Gasteiger partial charge in [-0.1, -0.05) is 30.3 Å². The molecule has 4 nitrogen and oxygen atoms in total. The minimum absolute atomic E-state index is 0.207. The summed E-state index contributed by atoms with van der Waals surface area (Å²) in [6.07, 6.45) is 1.73. The van der Waals surface area contributed by atoms with Gasteiger partial charge in [0.1, 0.15) is 12.0 Å². The third-order valence-electron chi connectivity index (χ3n) is 2.30. The molecule has 0 fully saturated rings. The van der Waals surface area contributed by atoms with E-state index in [1.54, 1.807) is 12.1 Å². The Labute approximate surface area is 97.4 Å². The molecule has 0 saturated carbocycles. The summed E-state index contributed by atoms with van der Waals surface area (Å²) >= 11 is 0. The minimum atomic E-state index is -0.719. The van der Waals surface area contributed by atoms with E-state index in [1.807, 2.05) is 18.2 Å². The SMILES string of the molecule is O=C(/C(O)=C/O)c1ccoc1-c1ccccc1. The topological polar surface area (TPSA) is 70.7 Å². The van der Waals surface area contributed by atoms with Crippen LogP contribution < -0.4 is 0 Å². The van der Waals surface area contributed by atoms with Crippen LogP contribution in [0.3, 0.4) is 0 Å². The molecule has 0 atom stereocenters. The summed E-state index contributed by atoms with van der Waals surface area (Å²) in [7, 11) is 0. The van der Waals surface area contributed by atoms with Crippen molar-refractivity contribution in [2.75, 3.05) is 0 Å². The molecule has 17 heavy (non-hydrogen) atoms. The Morgan fingerprint density at radius 3 is 2.53 bits per heavy atom. The summed E-state index contributed by atoms with van der Waals surface area (Å²) < 4.78 is 5.23. The number of furan rings is 1. The highest BCUT2D eigenvalue weighted by molar-refractivity contribution is 6.10. The van der Waals surface area contributed by atoms with Crippen molar-refractivity contribution < 1.29 is 19.4 Å². The molecule has 0 amide bonds. The second-order valence-corrected chi connectivity index (χ2v) is 3.37. The van der Waals surface area contributed by atoms with Gasteiger partial charge in [-0.2, -0.15) is 0 Å². The number of aliphatic hydroxyl groups excluding tert-OH is 2. The van der Waals surface area contributed by atoms with Crippen molar-refractivity contribution in [3.63, 3.8) is 0 Å². The van der Waals surface area contributed by atoms with Gasteiger partial charge in [0, 0.05) is 5.56 Å². The van der Waals surface area contributed by atoms with Crippen LogP contribution in [0, 0.1) is 0 Å². The number of hydrogen-bond donors (Lipinski definition) is 2. The summed E-state index contributed by atoms with van der Waals surface area (Å²) in [5, 5.41) is 17.8. The lowest BCUT2D eigenvalue weighted by molar-refractivity contribution is 0.0971. The van der Waals surface area contributed by atoms with Crippen molar-refractivity contribution in [1.29, 1.82) is 0 Å². The van der Waals surface area contributed by atoms with Crippen molar-refractivity contribution in [3.8, 4) is 11.3 Å². The number of benzene rings is 1. The molecular formula is C13H10O4. The van der Waals surface area contributed by atoms with Gasteiger partial charge in [-0.25, -0.2) is 0 Å². The number of carbonyl (C=O) groups excluding carboxylic acids is 1. The van der Waals surface area contributed by atoms with Crippen LogP contribution in [0.2, 0.25) is 0 Å². The average molecular weight is 230 g/mol. The van der Waals surface area contributed by atoms with Gasteiger partial charge in [-0.3, -0.25) is 4.79 Å². The Kier molecular flexibility index (Phi) is 2.96. The summed E-state index contributed by atoms with van der Waals surface area (Å²) in [6, 6.07) is 10.5. The molecule has 0 bridgehead atoms. The number of rotatable bonds is 3. The van der Waals surface area contributed by atoms with E-state index in [4.69, 9.17) is 9.52 Å². The van der Waals surface area contributed by atoms with Gasteiger partial charge < -0.3 is 14.6 Å². The fraction of sp³-hybridized carbons (Fsp3) is 0. The van der Waals surface area contributed by atoms with Crippen molar-refractivity contribution in [3.05, 3.63) is 60.2 Å². The Morgan fingerprint density at radius 2 is 1.88 bits per heavy atom. The number of Topliss-reactive ketones (excluding diaryl/α,β-unsaturated/α-hetero) is 1. The molecule has 2 rings (SSSR count). The second kappa shape index (κ2) is 4.57. The lowest BCUT2D eigenvalue weighted by Gasteiger charge is -2.00. The molecule has 0 spiro atoms. The first-order chi connectivity index (χ1) is 8.24. The predicted molar refractivity (Wildman–Crippen MR) is 61.8 cm³/mol. The lowest BCUT2D eigenvalue weighted by Crippen LogP contribution is -2.02. The van der Waals surface area contributed by atoms with Crippen molar-refractivity contribution in [2.24, 2.45) is 0 Å². The van der Waals surface area contributed by atoms with E-state index in [2.05, 4.69) is 0 Å². The van der Waals surface area contributed by atoms with E-state index >= 15 is 0 Å². The van der Waals surface area contributed by atoms with Crippen LogP contribution in [0.25, 0.3) is 11.3 Å². The van der Waals surface area contributed by atoms with E-state index < -0.39 is 11.5 Å². The van der Waals surface area contributed by atoms with Crippen LogP contribution in [0.5, 0.6) is 0 Å². The Hall–Kier alpha value is -2.49. The smallest absolute Gasteiger partial charge is 0.234 e. The molecule has 1 aromatic heterocycles. The molecule has 0 aliphatic rings. The molecule has 86 valence electrons. The highest BCUT2D eigenvalue weighted by Crippen LogP contribution is 2.26. The third kappa shape index (κ3) is 2.06. The highest BCUT2D eigenvalue weighted by Gasteiger charge is 2.19. The summed E-state index contributed by atoms with van der Waals surface area (Å²) in [6.45, 7) is 0. The summed E-state index contributed by atoms with van der Waals surface area (Å²) in [5.41, 5.74) is 0.936. The van der Waals surface area contributed by atoms with Crippen molar-refractivity contribution in [1.82, 2.24) is 0 Å². The van der Waals surface area contributed by atoms with Crippen molar-refractivity contribution in [2.45, 2.75) is 0 Å². The molecule has 0 aliphatic carbocycles. The van der Waals surface area contributed by atoms with E-state index in [9.17, 15) is 9.90 Å². The average Bonchev–Trinajstić information content (AvgIpc) is 2.87. The standard InChI is InChI=1S/C13H10O4/c14-8-11(15)12(16)10-6-7-17-13(10)9-4-2-1-3-5-9/h1-8,14-15H/b11-8-. The molecule has 0 radical (unpaired) electrons. The molecule has 4 heteroatoms. The maximum atomic E-state index is 11.7. The van der Waals surface area contributed by atoms with Crippen LogP contribution in [-0.4, -0.2) is 16.0 Å². The Balaban J connectivity index is 2.46. The molecule has 0 unspecified atom stereocenters. The Bertz CT molecular complexity index is 552. The third-order valence-corrected chi connectivity index (χ3v) is 2.30. The first-order valence-corrected chi connectivity index (χ1v) is 4.95. The zero-order chi connectivity index (χ0) is 12.3. The minimum Gasteiger partial charge on any atom is -0.512 e. The van der Waals surface area contributed by atoms with Crippen LogP contribution in [0.15, 0.2) is 59.1 Å². The Morgan fingerprint density at radius 1 is 1.18 bits per heavy atom. The molecular weight excluding hydrogens is 220 g/mol. The quantitative estimate of drug-likeness (QED) is 0.483. The van der Waals surface area contributed by atoms with Gasteiger partial charge >= 0.3 is 0 Å². The van der Waals surface area contributed by atoms with E-state index in [0.29, 0.717) is 12.0 Å². The molecule has 2 N–H and O–H groups in total. The summed E-state index contributed by atoms with van der Waals surface area (Å²) in [5.74, 6) is -1.03. The molecule has 1 aromatic carbocycles. The molecule has 0 aliphatic heterocycles. The second-order valence-electron chi connectivity index (χ2n) is 3.37. The van der Waals surface area contributed by atoms with Gasteiger partial charge in [-0.05, 0) is 6.07 Å². The fourth-order valence-electron chi connectivity index (χ4n) is 1.50. The molecule has 2 aromatic rings. The molecule has 1 heterocycles. The van der Waals surface area contributed by atoms with E-state index in [1.165, 1.54) is 12.3 Å². The zero-order valence-electron chi connectivity index (χ0n) is 8.83. The number of carbonyl (C=O) groups is 1. The van der Waals surface area contributed by atoms with Crippen LogP contribution >= 0.6 is 0 Å². The van der Waals surface area contributed by atoms with Crippen LogP contribution in [0.1, 0.15) is 10.4 Å². The number of hydrogen-bond acceptors (Lipinski definition) is 4. The van der Waals surface area contributed by atoms with Gasteiger partial charge in [0.15, 0.2) is 5.76 Å². The normalized spacial score (nSPS) is 11.4. The van der Waals surface area contributed by atoms with Gasteiger partial charge in [0.25, 0.3) is 0 Å².